The van der Waals surface area contributed by atoms with Crippen LogP contribution in [0.3, 0.4) is 0 Å². The standard InChI is InChI=1S/C27H46N2O5/c1-26-14-13-23(34-25(33)28-19-9-5-3-6-10-19)27(2,18-30)22(26)12-11-21(31)20(26)17-24(32)29-15-7-4-8-16-29/h19-23,30-31H,3-18H2,1-2H3,(H,28,33). The molecule has 0 radical (unpaired) electrons. The highest BCUT2D eigenvalue weighted by molar-refractivity contribution is 5.76. The minimum Gasteiger partial charge on any atom is -0.446 e. The number of fused-ring (bicyclic) bond motifs is 1. The number of piperidine rings is 1. The van der Waals surface area contributed by atoms with E-state index < -0.39 is 11.5 Å². The maximum absolute atomic E-state index is 13.1. The highest BCUT2D eigenvalue weighted by Gasteiger charge is 2.60. The zero-order valence-corrected chi connectivity index (χ0v) is 21.3. The summed E-state index contributed by atoms with van der Waals surface area (Å²) < 4.78 is 5.99. The van der Waals surface area contributed by atoms with Gasteiger partial charge in [-0.05, 0) is 75.0 Å². The number of rotatable bonds is 5. The predicted octanol–water partition coefficient (Wildman–Crippen LogP) is 4.00. The quantitative estimate of drug-likeness (QED) is 0.555. The van der Waals surface area contributed by atoms with Crippen LogP contribution >= 0.6 is 0 Å². The smallest absolute Gasteiger partial charge is 0.407 e. The lowest BCUT2D eigenvalue weighted by molar-refractivity contribution is -0.187. The second-order valence-corrected chi connectivity index (χ2v) is 12.0. The summed E-state index contributed by atoms with van der Waals surface area (Å²) in [5.41, 5.74) is -0.871. The van der Waals surface area contributed by atoms with E-state index in [1.165, 1.54) is 12.8 Å². The third kappa shape index (κ3) is 5.11. The van der Waals surface area contributed by atoms with Gasteiger partial charge in [-0.1, -0.05) is 33.1 Å². The number of ether oxygens (including phenoxy) is 1. The molecule has 0 aromatic rings. The number of alkyl carbamates (subject to hydrolysis) is 1. The van der Waals surface area contributed by atoms with Crippen LogP contribution in [0.1, 0.15) is 97.3 Å². The van der Waals surface area contributed by atoms with Gasteiger partial charge in [-0.15, -0.1) is 0 Å². The zero-order chi connectivity index (χ0) is 24.3. The normalized spacial score (nSPS) is 39.2. The van der Waals surface area contributed by atoms with Gasteiger partial charge in [0.2, 0.25) is 5.91 Å². The van der Waals surface area contributed by atoms with Crippen LogP contribution in [0, 0.1) is 22.7 Å². The molecule has 6 atom stereocenters. The Morgan fingerprint density at radius 3 is 2.32 bits per heavy atom. The van der Waals surface area contributed by atoms with Gasteiger partial charge in [0.1, 0.15) is 6.10 Å². The molecule has 0 spiro atoms. The summed E-state index contributed by atoms with van der Waals surface area (Å²) in [7, 11) is 0. The maximum atomic E-state index is 13.1. The third-order valence-electron chi connectivity index (χ3n) is 9.96. The Morgan fingerprint density at radius 1 is 0.971 bits per heavy atom. The van der Waals surface area contributed by atoms with Crippen LogP contribution in [0.2, 0.25) is 0 Å². The van der Waals surface area contributed by atoms with Gasteiger partial charge in [-0.25, -0.2) is 4.79 Å². The molecular formula is C27H46N2O5. The second kappa shape index (κ2) is 10.7. The molecule has 0 aromatic carbocycles. The molecule has 4 rings (SSSR count). The van der Waals surface area contributed by atoms with E-state index in [1.54, 1.807) is 0 Å². The van der Waals surface area contributed by atoms with Crippen molar-refractivity contribution in [1.82, 2.24) is 10.2 Å². The van der Waals surface area contributed by atoms with Gasteiger partial charge in [0.15, 0.2) is 0 Å². The van der Waals surface area contributed by atoms with Crippen LogP contribution in [0.25, 0.3) is 0 Å². The van der Waals surface area contributed by atoms with Crippen molar-refractivity contribution in [2.75, 3.05) is 19.7 Å². The molecule has 3 N–H and O–H groups in total. The number of nitrogens with one attached hydrogen (secondary N) is 1. The summed E-state index contributed by atoms with van der Waals surface area (Å²) in [4.78, 5) is 27.9. The Labute approximate surface area is 205 Å². The van der Waals surface area contributed by atoms with Crippen LogP contribution in [-0.4, -0.2) is 65.1 Å². The van der Waals surface area contributed by atoms with E-state index in [4.69, 9.17) is 4.74 Å². The SMILES string of the molecule is CC1(CO)C(OC(=O)NC2CCCCC2)CCC2(C)C(CC(=O)N3CCCCC3)C(O)CCC12. The molecule has 4 aliphatic rings. The fourth-order valence-corrected chi connectivity index (χ4v) is 7.82. The highest BCUT2D eigenvalue weighted by atomic mass is 16.6. The van der Waals surface area contributed by atoms with Crippen molar-refractivity contribution in [2.24, 2.45) is 22.7 Å². The number of hydrogen-bond acceptors (Lipinski definition) is 5. The van der Waals surface area contributed by atoms with Gasteiger partial charge in [-0.2, -0.15) is 0 Å². The van der Waals surface area contributed by atoms with Crippen LogP contribution in [0.5, 0.6) is 0 Å². The Kier molecular flexibility index (Phi) is 8.13. The molecule has 1 aliphatic heterocycles. The molecule has 0 bridgehead atoms. The molecule has 1 saturated heterocycles. The summed E-state index contributed by atoms with van der Waals surface area (Å²) in [6, 6.07) is 0.186. The predicted molar refractivity (Wildman–Crippen MR) is 130 cm³/mol. The molecule has 3 saturated carbocycles. The Bertz CT molecular complexity index is 720. The molecule has 1 heterocycles. The average Bonchev–Trinajstić information content (AvgIpc) is 2.84. The van der Waals surface area contributed by atoms with E-state index in [0.29, 0.717) is 19.3 Å². The Hall–Kier alpha value is -1.34. The third-order valence-corrected chi connectivity index (χ3v) is 9.96. The van der Waals surface area contributed by atoms with Crippen molar-refractivity contribution in [3.8, 4) is 0 Å². The first kappa shape index (κ1) is 25.7. The van der Waals surface area contributed by atoms with E-state index >= 15 is 0 Å². The van der Waals surface area contributed by atoms with Gasteiger partial charge >= 0.3 is 6.09 Å². The number of hydrogen-bond donors (Lipinski definition) is 3. The van der Waals surface area contributed by atoms with Crippen molar-refractivity contribution in [1.29, 1.82) is 0 Å². The topological polar surface area (TPSA) is 99.1 Å². The first-order valence-corrected chi connectivity index (χ1v) is 13.8. The van der Waals surface area contributed by atoms with Gasteiger partial charge in [0, 0.05) is 31.0 Å². The molecule has 7 nitrogen and oxygen atoms in total. The first-order chi connectivity index (χ1) is 16.3. The zero-order valence-electron chi connectivity index (χ0n) is 21.3. The van der Waals surface area contributed by atoms with Crippen molar-refractivity contribution < 1.29 is 24.5 Å². The van der Waals surface area contributed by atoms with Crippen molar-refractivity contribution >= 4 is 12.0 Å². The van der Waals surface area contributed by atoms with E-state index in [9.17, 15) is 19.8 Å². The van der Waals surface area contributed by atoms with Gasteiger partial charge in [-0.3, -0.25) is 4.79 Å². The minimum atomic E-state index is -0.594. The molecule has 6 unspecified atom stereocenters. The fourth-order valence-electron chi connectivity index (χ4n) is 7.82. The van der Waals surface area contributed by atoms with E-state index in [2.05, 4.69) is 12.2 Å². The molecule has 4 fully saturated rings. The molecular weight excluding hydrogens is 432 g/mol. The summed E-state index contributed by atoms with van der Waals surface area (Å²) in [5.74, 6) is 0.0962. The summed E-state index contributed by atoms with van der Waals surface area (Å²) in [6.45, 7) is 5.80. The monoisotopic (exact) mass is 478 g/mol. The number of likely N-dealkylation sites (tertiary alicyclic amines) is 1. The number of nitrogens with zero attached hydrogens (tertiary/aromatic N) is 1. The Morgan fingerprint density at radius 2 is 1.65 bits per heavy atom. The maximum Gasteiger partial charge on any atom is 0.407 e. The Balaban J connectivity index is 1.46. The number of amides is 2. The number of aliphatic hydroxyl groups is 2. The molecule has 0 aromatic heterocycles. The van der Waals surface area contributed by atoms with Gasteiger partial charge < -0.3 is 25.2 Å². The lowest BCUT2D eigenvalue weighted by Crippen LogP contribution is -2.61. The van der Waals surface area contributed by atoms with Gasteiger partial charge in [0.25, 0.3) is 0 Å². The number of carbonyl (C=O) groups excluding carboxylic acids is 2. The van der Waals surface area contributed by atoms with Gasteiger partial charge in [0.05, 0.1) is 12.7 Å². The number of aliphatic hydroxyl groups excluding tert-OH is 2. The largest absolute Gasteiger partial charge is 0.446 e. The lowest BCUT2D eigenvalue weighted by Gasteiger charge is -2.60. The van der Waals surface area contributed by atoms with Crippen LogP contribution < -0.4 is 5.32 Å². The molecule has 3 aliphatic carbocycles. The second-order valence-electron chi connectivity index (χ2n) is 12.0. The van der Waals surface area contributed by atoms with Crippen molar-refractivity contribution in [3.05, 3.63) is 0 Å². The molecule has 7 heteroatoms. The van der Waals surface area contributed by atoms with Crippen LogP contribution in [-0.2, 0) is 9.53 Å². The number of carbonyl (C=O) groups is 2. The minimum absolute atomic E-state index is 0.0719. The van der Waals surface area contributed by atoms with Crippen LogP contribution in [0.15, 0.2) is 0 Å². The molecule has 34 heavy (non-hydrogen) atoms. The average molecular weight is 479 g/mol. The fraction of sp³-hybridized carbons (Fsp3) is 0.926. The van der Waals surface area contributed by atoms with E-state index in [0.717, 1.165) is 64.5 Å². The summed E-state index contributed by atoms with van der Waals surface area (Å²) in [6.07, 6.45) is 10.7. The molecule has 2 amide bonds. The lowest BCUT2D eigenvalue weighted by atomic mass is 9.46. The van der Waals surface area contributed by atoms with E-state index in [-0.39, 0.29) is 48.0 Å². The van der Waals surface area contributed by atoms with Crippen molar-refractivity contribution in [2.45, 2.75) is 116 Å². The highest BCUT2D eigenvalue weighted by Crippen LogP contribution is 2.61. The summed E-state index contributed by atoms with van der Waals surface area (Å²) in [5, 5.41) is 24.7. The van der Waals surface area contributed by atoms with E-state index in [1.807, 2.05) is 11.8 Å². The molecule has 194 valence electrons. The first-order valence-electron chi connectivity index (χ1n) is 13.8. The van der Waals surface area contributed by atoms with Crippen LogP contribution in [0.4, 0.5) is 4.79 Å². The van der Waals surface area contributed by atoms with Crippen molar-refractivity contribution in [3.63, 3.8) is 0 Å². The summed E-state index contributed by atoms with van der Waals surface area (Å²) >= 11 is 0.